The van der Waals surface area contributed by atoms with Crippen LogP contribution in [0.5, 0.6) is 0 Å². The third-order valence-corrected chi connectivity index (χ3v) is 2.29. The van der Waals surface area contributed by atoms with E-state index < -0.39 is 7.12 Å². The molecule has 15 heavy (non-hydrogen) atoms. The normalized spacial score (nSPS) is 10.3. The van der Waals surface area contributed by atoms with Gasteiger partial charge in [0.15, 0.2) is 4.77 Å². The van der Waals surface area contributed by atoms with Crippen molar-refractivity contribution in [2.45, 2.75) is 0 Å². The predicted octanol–water partition coefficient (Wildman–Crippen LogP) is -0.390. The van der Waals surface area contributed by atoms with Crippen LogP contribution in [0.4, 0.5) is 0 Å². The van der Waals surface area contributed by atoms with E-state index >= 15 is 0 Å². The summed E-state index contributed by atoms with van der Waals surface area (Å²) in [6, 6.07) is 6.78. The second-order valence-corrected chi connectivity index (χ2v) is 3.39. The van der Waals surface area contributed by atoms with Crippen LogP contribution in [0, 0.1) is 4.77 Å². The Morgan fingerprint density at radius 1 is 1.40 bits per heavy atom. The highest BCUT2D eigenvalue weighted by Crippen LogP contribution is 2.04. The molecule has 1 aromatic carbocycles. The summed E-state index contributed by atoms with van der Waals surface area (Å²) < 4.78 is 2.10. The second-order valence-electron chi connectivity index (χ2n) is 3.00. The molecule has 0 saturated heterocycles. The summed E-state index contributed by atoms with van der Waals surface area (Å²) >= 11 is 5.00. The average Bonchev–Trinajstić information content (AvgIpc) is 2.64. The van der Waals surface area contributed by atoms with E-state index in [4.69, 9.17) is 22.3 Å². The minimum Gasteiger partial charge on any atom is -0.423 e. The molecule has 0 fully saturated rings. The van der Waals surface area contributed by atoms with Crippen LogP contribution >= 0.6 is 12.2 Å². The quantitative estimate of drug-likeness (QED) is 0.477. The Bertz CT molecular complexity index is 522. The fourth-order valence-electron chi connectivity index (χ4n) is 1.27. The topological polar surface area (TPSA) is 74.1 Å². The lowest BCUT2D eigenvalue weighted by molar-refractivity contribution is 0.426. The predicted molar refractivity (Wildman–Crippen MR) is 58.6 cm³/mol. The molecule has 0 unspecified atom stereocenters. The number of nitrogens with one attached hydrogen (secondary N) is 1. The number of nitrogens with zero attached hydrogens (tertiary/aromatic N) is 2. The maximum absolute atomic E-state index is 9.01. The molecule has 2 aromatic rings. The standard InChI is InChI=1S/C8H8BN3O2S/c13-9(14)6-2-1-3-7(4-6)12-5-10-11-8(12)15/h1-5,13-14H,(H,11,15). The molecule has 7 heteroatoms. The first-order valence-corrected chi connectivity index (χ1v) is 4.68. The van der Waals surface area contributed by atoms with Gasteiger partial charge in [-0.05, 0) is 29.8 Å². The van der Waals surface area contributed by atoms with Crippen molar-refractivity contribution in [1.29, 1.82) is 0 Å². The van der Waals surface area contributed by atoms with Gasteiger partial charge < -0.3 is 10.0 Å². The van der Waals surface area contributed by atoms with Gasteiger partial charge in [-0.15, -0.1) is 0 Å². The van der Waals surface area contributed by atoms with Crippen LogP contribution in [0.3, 0.4) is 0 Å². The van der Waals surface area contributed by atoms with Gasteiger partial charge in [-0.2, -0.15) is 5.10 Å². The molecule has 1 heterocycles. The second kappa shape index (κ2) is 3.97. The van der Waals surface area contributed by atoms with E-state index in [9.17, 15) is 0 Å². The third kappa shape index (κ3) is 1.99. The van der Waals surface area contributed by atoms with E-state index in [1.54, 1.807) is 28.8 Å². The molecule has 0 radical (unpaired) electrons. The average molecular weight is 221 g/mol. The summed E-state index contributed by atoms with van der Waals surface area (Å²) in [5.41, 5.74) is 1.15. The van der Waals surface area contributed by atoms with E-state index in [1.807, 2.05) is 0 Å². The van der Waals surface area contributed by atoms with Gasteiger partial charge in [-0.1, -0.05) is 12.1 Å². The largest absolute Gasteiger partial charge is 0.488 e. The number of benzene rings is 1. The number of H-pyrrole nitrogens is 1. The summed E-state index contributed by atoms with van der Waals surface area (Å²) in [4.78, 5) is 0. The number of hydrogen-bond donors (Lipinski definition) is 3. The Hall–Kier alpha value is -1.44. The van der Waals surface area contributed by atoms with Crippen molar-refractivity contribution in [3.63, 3.8) is 0 Å². The molecule has 2 rings (SSSR count). The first-order chi connectivity index (χ1) is 7.18. The number of aromatic nitrogens is 3. The summed E-state index contributed by atoms with van der Waals surface area (Å²) in [6.45, 7) is 0. The van der Waals surface area contributed by atoms with Crippen molar-refractivity contribution in [1.82, 2.24) is 14.8 Å². The molecule has 0 atom stereocenters. The minimum atomic E-state index is -1.48. The van der Waals surface area contributed by atoms with Crippen LogP contribution in [0.1, 0.15) is 0 Å². The monoisotopic (exact) mass is 221 g/mol. The van der Waals surface area contributed by atoms with Crippen molar-refractivity contribution < 1.29 is 10.0 Å². The summed E-state index contributed by atoms with van der Waals surface area (Å²) in [6.07, 6.45) is 1.53. The zero-order valence-corrected chi connectivity index (χ0v) is 8.48. The molecule has 5 nitrogen and oxygen atoms in total. The van der Waals surface area contributed by atoms with Crippen molar-refractivity contribution in [2.75, 3.05) is 0 Å². The van der Waals surface area contributed by atoms with Crippen molar-refractivity contribution in [3.05, 3.63) is 35.4 Å². The first-order valence-electron chi connectivity index (χ1n) is 4.27. The molecule has 0 aliphatic rings. The highest BCUT2D eigenvalue weighted by molar-refractivity contribution is 7.71. The molecular formula is C8H8BN3O2S. The lowest BCUT2D eigenvalue weighted by atomic mass is 9.80. The van der Waals surface area contributed by atoms with E-state index in [1.165, 1.54) is 6.33 Å². The van der Waals surface area contributed by atoms with Gasteiger partial charge in [0.05, 0.1) is 0 Å². The fraction of sp³-hybridized carbons (Fsp3) is 0. The Labute approximate surface area is 91.2 Å². The number of aromatic amines is 1. The summed E-state index contributed by atoms with van der Waals surface area (Å²) in [7, 11) is -1.48. The van der Waals surface area contributed by atoms with E-state index in [-0.39, 0.29) is 0 Å². The zero-order valence-electron chi connectivity index (χ0n) is 7.66. The van der Waals surface area contributed by atoms with Crippen LogP contribution in [-0.2, 0) is 0 Å². The Balaban J connectivity index is 2.50. The SMILES string of the molecule is OB(O)c1cccc(-n2cn[nH]c2=S)c1. The maximum atomic E-state index is 9.01. The van der Waals surface area contributed by atoms with E-state index in [0.29, 0.717) is 10.2 Å². The summed E-state index contributed by atoms with van der Waals surface area (Å²) in [5, 5.41) is 24.4. The van der Waals surface area contributed by atoms with Crippen LogP contribution in [0.25, 0.3) is 5.69 Å². The molecule has 0 spiro atoms. The third-order valence-electron chi connectivity index (χ3n) is 2.00. The molecule has 1 aromatic heterocycles. The first kappa shape index (κ1) is 10.1. The molecule has 0 aliphatic carbocycles. The van der Waals surface area contributed by atoms with E-state index in [0.717, 1.165) is 5.69 Å². The van der Waals surface area contributed by atoms with Gasteiger partial charge >= 0.3 is 7.12 Å². The lowest BCUT2D eigenvalue weighted by Gasteiger charge is -2.04. The molecule has 0 amide bonds. The van der Waals surface area contributed by atoms with Gasteiger partial charge in [-0.25, -0.2) is 0 Å². The summed E-state index contributed by atoms with van der Waals surface area (Å²) in [5.74, 6) is 0. The van der Waals surface area contributed by atoms with Crippen LogP contribution in [-0.4, -0.2) is 31.9 Å². The highest BCUT2D eigenvalue weighted by atomic mass is 32.1. The maximum Gasteiger partial charge on any atom is 0.488 e. The van der Waals surface area contributed by atoms with Gasteiger partial charge in [0, 0.05) is 5.69 Å². The Morgan fingerprint density at radius 2 is 2.20 bits per heavy atom. The van der Waals surface area contributed by atoms with Crippen LogP contribution in [0.2, 0.25) is 0 Å². The smallest absolute Gasteiger partial charge is 0.423 e. The zero-order chi connectivity index (χ0) is 10.8. The van der Waals surface area contributed by atoms with Crippen molar-refractivity contribution >= 4 is 24.8 Å². The minimum absolute atomic E-state index is 0.413. The molecule has 0 aliphatic heterocycles. The van der Waals surface area contributed by atoms with Crippen molar-refractivity contribution in [2.24, 2.45) is 0 Å². The molecule has 76 valence electrons. The van der Waals surface area contributed by atoms with Gasteiger partial charge in [-0.3, -0.25) is 9.67 Å². The molecule has 0 saturated carbocycles. The highest BCUT2D eigenvalue weighted by Gasteiger charge is 2.11. The van der Waals surface area contributed by atoms with Gasteiger partial charge in [0.25, 0.3) is 0 Å². The molecular weight excluding hydrogens is 213 g/mol. The van der Waals surface area contributed by atoms with Gasteiger partial charge in [0.2, 0.25) is 0 Å². The van der Waals surface area contributed by atoms with Crippen LogP contribution < -0.4 is 5.46 Å². The lowest BCUT2D eigenvalue weighted by Crippen LogP contribution is -2.29. The van der Waals surface area contributed by atoms with Crippen molar-refractivity contribution in [3.8, 4) is 5.69 Å². The number of rotatable bonds is 2. The van der Waals surface area contributed by atoms with E-state index in [2.05, 4.69) is 10.2 Å². The number of hydrogen-bond acceptors (Lipinski definition) is 4. The van der Waals surface area contributed by atoms with Gasteiger partial charge in [0.1, 0.15) is 6.33 Å². The Morgan fingerprint density at radius 3 is 2.80 bits per heavy atom. The fourth-order valence-corrected chi connectivity index (χ4v) is 1.47. The van der Waals surface area contributed by atoms with Crippen LogP contribution in [0.15, 0.2) is 30.6 Å². The Kier molecular flexibility index (Phi) is 2.67. The molecule has 3 N–H and O–H groups in total. The molecule has 0 bridgehead atoms.